The molecule has 0 aromatic carbocycles. The summed E-state index contributed by atoms with van der Waals surface area (Å²) in [7, 11) is 0. The van der Waals surface area contributed by atoms with Crippen molar-refractivity contribution in [1.29, 1.82) is 0 Å². The first kappa shape index (κ1) is 17.9. The SMILES string of the molecule is CCN(CC)CCCN(CC)C(CC)(CC)CN. The van der Waals surface area contributed by atoms with Crippen molar-refractivity contribution in [2.24, 2.45) is 5.73 Å². The van der Waals surface area contributed by atoms with E-state index < -0.39 is 0 Å². The Bertz CT molecular complexity index is 178. The predicted molar refractivity (Wildman–Crippen MR) is 82.0 cm³/mol. The van der Waals surface area contributed by atoms with E-state index in [-0.39, 0.29) is 5.54 Å². The summed E-state index contributed by atoms with van der Waals surface area (Å²) in [5, 5.41) is 0. The second-order valence-electron chi connectivity index (χ2n) is 5.10. The molecule has 110 valence electrons. The second-order valence-corrected chi connectivity index (χ2v) is 5.10. The van der Waals surface area contributed by atoms with Crippen molar-refractivity contribution in [1.82, 2.24) is 9.80 Å². The summed E-state index contributed by atoms with van der Waals surface area (Å²) in [6.45, 7) is 17.9. The maximum atomic E-state index is 6.04. The Kier molecular flexibility index (Phi) is 9.70. The third-order valence-electron chi connectivity index (χ3n) is 4.55. The van der Waals surface area contributed by atoms with Crippen molar-refractivity contribution in [3.8, 4) is 0 Å². The molecule has 0 unspecified atom stereocenters. The minimum absolute atomic E-state index is 0.220. The molecular weight excluding hydrogens is 222 g/mol. The highest BCUT2D eigenvalue weighted by molar-refractivity contribution is 4.89. The van der Waals surface area contributed by atoms with Crippen molar-refractivity contribution in [2.75, 3.05) is 39.3 Å². The van der Waals surface area contributed by atoms with Crippen molar-refractivity contribution >= 4 is 0 Å². The Morgan fingerprint density at radius 2 is 1.39 bits per heavy atom. The van der Waals surface area contributed by atoms with Gasteiger partial charge in [0.25, 0.3) is 0 Å². The molecule has 0 heterocycles. The molecule has 0 saturated carbocycles. The highest BCUT2D eigenvalue weighted by atomic mass is 15.2. The van der Waals surface area contributed by atoms with Crippen LogP contribution < -0.4 is 5.73 Å². The van der Waals surface area contributed by atoms with Crippen LogP contribution in [-0.2, 0) is 0 Å². The van der Waals surface area contributed by atoms with Gasteiger partial charge in [-0.15, -0.1) is 0 Å². The van der Waals surface area contributed by atoms with E-state index in [0.717, 1.165) is 39.0 Å². The lowest BCUT2D eigenvalue weighted by atomic mass is 9.90. The number of nitrogens with zero attached hydrogens (tertiary/aromatic N) is 2. The summed E-state index contributed by atoms with van der Waals surface area (Å²) in [5.41, 5.74) is 6.26. The van der Waals surface area contributed by atoms with Gasteiger partial charge in [0.2, 0.25) is 0 Å². The van der Waals surface area contributed by atoms with Crippen molar-refractivity contribution in [3.05, 3.63) is 0 Å². The molecular formula is C15H35N3. The van der Waals surface area contributed by atoms with Crippen LogP contribution in [0.4, 0.5) is 0 Å². The molecule has 0 radical (unpaired) electrons. The number of likely N-dealkylation sites (N-methyl/N-ethyl adjacent to an activating group) is 1. The van der Waals surface area contributed by atoms with Crippen LogP contribution in [0.1, 0.15) is 53.9 Å². The maximum Gasteiger partial charge on any atom is 0.0326 e. The Morgan fingerprint density at radius 1 is 0.833 bits per heavy atom. The van der Waals surface area contributed by atoms with Gasteiger partial charge in [0.15, 0.2) is 0 Å². The van der Waals surface area contributed by atoms with Crippen molar-refractivity contribution < 1.29 is 0 Å². The lowest BCUT2D eigenvalue weighted by molar-refractivity contribution is 0.0855. The maximum absolute atomic E-state index is 6.04. The van der Waals surface area contributed by atoms with Gasteiger partial charge in [0, 0.05) is 12.1 Å². The Balaban J connectivity index is 4.32. The van der Waals surface area contributed by atoms with E-state index in [1.165, 1.54) is 19.5 Å². The molecule has 0 amide bonds. The van der Waals surface area contributed by atoms with Crippen LogP contribution >= 0.6 is 0 Å². The third kappa shape index (κ3) is 4.87. The summed E-state index contributed by atoms with van der Waals surface area (Å²) >= 11 is 0. The standard InChI is InChI=1S/C15H35N3/c1-6-15(7-2,14-16)18(10-5)13-11-12-17(8-3)9-4/h6-14,16H2,1-5H3. The van der Waals surface area contributed by atoms with Gasteiger partial charge in [-0.1, -0.05) is 34.6 Å². The molecule has 0 rings (SSSR count). The topological polar surface area (TPSA) is 32.5 Å². The molecule has 0 aromatic rings. The normalized spacial score (nSPS) is 12.7. The van der Waals surface area contributed by atoms with Crippen molar-refractivity contribution in [2.45, 2.75) is 59.4 Å². The quantitative estimate of drug-likeness (QED) is 0.617. The van der Waals surface area contributed by atoms with E-state index in [2.05, 4.69) is 44.4 Å². The van der Waals surface area contributed by atoms with Crippen LogP contribution in [-0.4, -0.2) is 54.6 Å². The predicted octanol–water partition coefficient (Wildman–Crippen LogP) is 2.56. The smallest absolute Gasteiger partial charge is 0.0326 e. The van der Waals surface area contributed by atoms with Gasteiger partial charge in [-0.2, -0.15) is 0 Å². The van der Waals surface area contributed by atoms with Gasteiger partial charge >= 0.3 is 0 Å². The van der Waals surface area contributed by atoms with E-state index in [0.29, 0.717) is 0 Å². The van der Waals surface area contributed by atoms with E-state index in [9.17, 15) is 0 Å². The summed E-state index contributed by atoms with van der Waals surface area (Å²) < 4.78 is 0. The zero-order valence-electron chi connectivity index (χ0n) is 13.3. The lowest BCUT2D eigenvalue weighted by Crippen LogP contribution is -2.53. The van der Waals surface area contributed by atoms with Crippen LogP contribution in [0.15, 0.2) is 0 Å². The first-order valence-corrected chi connectivity index (χ1v) is 7.81. The Labute approximate surface area is 115 Å². The van der Waals surface area contributed by atoms with Crippen LogP contribution in [0.25, 0.3) is 0 Å². The number of nitrogens with two attached hydrogens (primary N) is 1. The van der Waals surface area contributed by atoms with Crippen molar-refractivity contribution in [3.63, 3.8) is 0 Å². The summed E-state index contributed by atoms with van der Waals surface area (Å²) in [4.78, 5) is 5.09. The molecule has 0 aliphatic carbocycles. The minimum atomic E-state index is 0.220. The zero-order chi connectivity index (χ0) is 14.0. The van der Waals surface area contributed by atoms with E-state index in [4.69, 9.17) is 5.73 Å². The van der Waals surface area contributed by atoms with E-state index in [1.54, 1.807) is 0 Å². The number of hydrogen-bond donors (Lipinski definition) is 1. The van der Waals surface area contributed by atoms with Crippen LogP contribution in [0.5, 0.6) is 0 Å². The summed E-state index contributed by atoms with van der Waals surface area (Å²) in [5.74, 6) is 0. The van der Waals surface area contributed by atoms with Gasteiger partial charge in [-0.3, -0.25) is 4.90 Å². The molecule has 0 aliphatic rings. The number of rotatable bonds is 11. The molecule has 0 bridgehead atoms. The summed E-state index contributed by atoms with van der Waals surface area (Å²) in [6, 6.07) is 0. The second kappa shape index (κ2) is 9.76. The van der Waals surface area contributed by atoms with E-state index in [1.807, 2.05) is 0 Å². The first-order chi connectivity index (χ1) is 8.63. The molecule has 18 heavy (non-hydrogen) atoms. The molecule has 2 N–H and O–H groups in total. The highest BCUT2D eigenvalue weighted by Crippen LogP contribution is 2.22. The average molecular weight is 257 g/mol. The minimum Gasteiger partial charge on any atom is -0.329 e. The lowest BCUT2D eigenvalue weighted by Gasteiger charge is -2.42. The van der Waals surface area contributed by atoms with Gasteiger partial charge in [0.1, 0.15) is 0 Å². The highest BCUT2D eigenvalue weighted by Gasteiger charge is 2.30. The van der Waals surface area contributed by atoms with Crippen LogP contribution in [0.3, 0.4) is 0 Å². The third-order valence-corrected chi connectivity index (χ3v) is 4.55. The molecule has 0 aliphatic heterocycles. The number of hydrogen-bond acceptors (Lipinski definition) is 3. The van der Waals surface area contributed by atoms with Gasteiger partial charge in [0.05, 0.1) is 0 Å². The average Bonchev–Trinajstić information content (AvgIpc) is 2.43. The van der Waals surface area contributed by atoms with Gasteiger partial charge < -0.3 is 10.6 Å². The Hall–Kier alpha value is -0.120. The summed E-state index contributed by atoms with van der Waals surface area (Å²) in [6.07, 6.45) is 3.55. The fraction of sp³-hybridized carbons (Fsp3) is 1.00. The molecule has 3 heteroatoms. The van der Waals surface area contributed by atoms with Gasteiger partial charge in [-0.25, -0.2) is 0 Å². The van der Waals surface area contributed by atoms with Crippen LogP contribution in [0, 0.1) is 0 Å². The van der Waals surface area contributed by atoms with Gasteiger partial charge in [-0.05, 0) is 52.0 Å². The largest absolute Gasteiger partial charge is 0.329 e. The zero-order valence-corrected chi connectivity index (χ0v) is 13.3. The molecule has 0 spiro atoms. The first-order valence-electron chi connectivity index (χ1n) is 7.81. The molecule has 0 atom stereocenters. The fourth-order valence-electron chi connectivity index (χ4n) is 2.87. The van der Waals surface area contributed by atoms with Crippen LogP contribution in [0.2, 0.25) is 0 Å². The molecule has 0 fully saturated rings. The van der Waals surface area contributed by atoms with E-state index >= 15 is 0 Å². The Morgan fingerprint density at radius 3 is 1.72 bits per heavy atom. The molecule has 3 nitrogen and oxygen atoms in total. The molecule has 0 saturated heterocycles. The molecule has 0 aromatic heterocycles. The fourth-order valence-corrected chi connectivity index (χ4v) is 2.87. The monoisotopic (exact) mass is 257 g/mol.